The van der Waals surface area contributed by atoms with E-state index in [0.717, 1.165) is 6.07 Å². The minimum atomic E-state index is -4.41. The van der Waals surface area contributed by atoms with E-state index in [1.807, 2.05) is 6.92 Å². The van der Waals surface area contributed by atoms with E-state index in [-0.39, 0.29) is 12.5 Å². The first kappa shape index (κ1) is 23.3. The summed E-state index contributed by atoms with van der Waals surface area (Å²) < 4.78 is 45.4. The lowest BCUT2D eigenvalue weighted by Crippen LogP contribution is -2.46. The van der Waals surface area contributed by atoms with Crippen molar-refractivity contribution in [3.8, 4) is 5.88 Å². The van der Waals surface area contributed by atoms with Crippen LogP contribution in [-0.2, 0) is 10.9 Å². The molecule has 1 aliphatic heterocycles. The lowest BCUT2D eigenvalue weighted by Gasteiger charge is -2.30. The van der Waals surface area contributed by atoms with Crippen molar-refractivity contribution in [1.82, 2.24) is 4.98 Å². The van der Waals surface area contributed by atoms with Gasteiger partial charge in [0.25, 0.3) is 0 Å². The predicted octanol–water partition coefficient (Wildman–Crippen LogP) is 1.79. The first-order chi connectivity index (χ1) is 11.7. The fraction of sp³-hybridized carbons (Fsp3) is 0.562. The Morgan fingerprint density at radius 3 is 2.44 bits per heavy atom. The normalized spacial score (nSPS) is 22.6. The minimum absolute atomic E-state index is 0.0372. The van der Waals surface area contributed by atoms with Crippen LogP contribution in [-0.4, -0.2) is 58.9 Å². The van der Waals surface area contributed by atoms with Gasteiger partial charge in [0.1, 0.15) is 17.9 Å². The van der Waals surface area contributed by atoms with Gasteiger partial charge in [0, 0.05) is 12.7 Å². The van der Waals surface area contributed by atoms with Crippen molar-refractivity contribution >= 4 is 0 Å². The van der Waals surface area contributed by atoms with Gasteiger partial charge in [-0.3, -0.25) is 0 Å². The van der Waals surface area contributed by atoms with Gasteiger partial charge < -0.3 is 24.8 Å². The lowest BCUT2D eigenvalue weighted by atomic mass is 10.0. The Morgan fingerprint density at radius 1 is 1.40 bits per heavy atom. The molecule has 3 N–H and O–H groups in total. The summed E-state index contributed by atoms with van der Waals surface area (Å²) in [6.45, 7) is 5.42. The van der Waals surface area contributed by atoms with Crippen LogP contribution in [0.4, 0.5) is 13.2 Å². The first-order valence-corrected chi connectivity index (χ1v) is 7.45. The molecule has 2 heterocycles. The second kappa shape index (κ2) is 11.8. The number of rotatable bonds is 2. The smallest absolute Gasteiger partial charge is 0.433 e. The van der Waals surface area contributed by atoms with Crippen LogP contribution in [0.15, 0.2) is 30.9 Å². The number of hydrogen-bond donors (Lipinski definition) is 3. The second-order valence-electron chi connectivity index (χ2n) is 4.91. The highest BCUT2D eigenvalue weighted by Crippen LogP contribution is 2.28. The fourth-order valence-corrected chi connectivity index (χ4v) is 1.70. The maximum absolute atomic E-state index is 12.0. The fourth-order valence-electron chi connectivity index (χ4n) is 1.70. The zero-order valence-electron chi connectivity index (χ0n) is 14.1. The third kappa shape index (κ3) is 8.82. The number of aromatic nitrogens is 1. The van der Waals surface area contributed by atoms with Gasteiger partial charge in [-0.05, 0) is 19.4 Å². The van der Waals surface area contributed by atoms with E-state index in [1.165, 1.54) is 19.2 Å². The van der Waals surface area contributed by atoms with Crippen molar-refractivity contribution in [3.63, 3.8) is 0 Å². The molecule has 0 amide bonds. The number of halogens is 3. The third-order valence-corrected chi connectivity index (χ3v) is 2.92. The van der Waals surface area contributed by atoms with E-state index in [1.54, 1.807) is 6.08 Å². The molecule has 0 aromatic carbocycles. The summed E-state index contributed by atoms with van der Waals surface area (Å²) >= 11 is 0. The van der Waals surface area contributed by atoms with Crippen molar-refractivity contribution in [2.45, 2.75) is 37.8 Å². The van der Waals surface area contributed by atoms with Gasteiger partial charge in [-0.15, -0.1) is 6.58 Å². The van der Waals surface area contributed by atoms with E-state index < -0.39 is 30.2 Å². The molecule has 25 heavy (non-hydrogen) atoms. The zero-order valence-corrected chi connectivity index (χ0v) is 14.1. The van der Waals surface area contributed by atoms with E-state index in [9.17, 15) is 13.2 Å². The minimum Gasteiger partial charge on any atom is -0.481 e. The highest BCUT2D eigenvalue weighted by molar-refractivity contribution is 5.17. The Kier molecular flexibility index (Phi) is 11.0. The van der Waals surface area contributed by atoms with E-state index in [0.29, 0.717) is 13.0 Å². The van der Waals surface area contributed by atoms with E-state index in [4.69, 9.17) is 20.1 Å². The SMILES string of the molecule is C=CC.COc1cccc(C(F)(F)F)n1.OCC1OCCC(O)C1O. The van der Waals surface area contributed by atoms with Crippen LogP contribution >= 0.6 is 0 Å². The first-order valence-electron chi connectivity index (χ1n) is 7.45. The van der Waals surface area contributed by atoms with Crippen LogP contribution in [0, 0.1) is 0 Å². The van der Waals surface area contributed by atoms with Gasteiger partial charge in [-0.2, -0.15) is 13.2 Å². The number of methoxy groups -OCH3 is 1. The Labute approximate surface area is 144 Å². The van der Waals surface area contributed by atoms with Crippen LogP contribution in [0.5, 0.6) is 5.88 Å². The molecule has 0 radical (unpaired) electrons. The van der Waals surface area contributed by atoms with Crippen LogP contribution in [0.25, 0.3) is 0 Å². The van der Waals surface area contributed by atoms with E-state index >= 15 is 0 Å². The Morgan fingerprint density at radius 2 is 2.00 bits per heavy atom. The molecule has 2 rings (SSSR count). The Bertz CT molecular complexity index is 499. The number of aliphatic hydroxyl groups excluding tert-OH is 3. The molecule has 0 spiro atoms. The van der Waals surface area contributed by atoms with Crippen molar-refractivity contribution in [2.75, 3.05) is 20.3 Å². The van der Waals surface area contributed by atoms with Gasteiger partial charge in [0.05, 0.1) is 19.8 Å². The molecule has 0 aliphatic carbocycles. The molecule has 3 atom stereocenters. The molecule has 1 aromatic heterocycles. The molecule has 144 valence electrons. The Hall–Kier alpha value is -1.68. The van der Waals surface area contributed by atoms with Crippen molar-refractivity contribution in [3.05, 3.63) is 36.5 Å². The Balaban J connectivity index is 0.000000403. The molecule has 0 bridgehead atoms. The van der Waals surface area contributed by atoms with Gasteiger partial charge in [0.15, 0.2) is 0 Å². The topological polar surface area (TPSA) is 92.0 Å². The number of aliphatic hydroxyl groups is 3. The molecule has 3 unspecified atom stereocenters. The average molecular weight is 367 g/mol. The van der Waals surface area contributed by atoms with Crippen molar-refractivity contribution in [2.24, 2.45) is 0 Å². The predicted molar refractivity (Wildman–Crippen MR) is 85.1 cm³/mol. The summed E-state index contributed by atoms with van der Waals surface area (Å²) in [6, 6.07) is 3.49. The summed E-state index contributed by atoms with van der Waals surface area (Å²) in [6.07, 6.45) is -4.50. The van der Waals surface area contributed by atoms with Gasteiger partial charge in [-0.1, -0.05) is 12.1 Å². The zero-order chi connectivity index (χ0) is 19.5. The molecular weight excluding hydrogens is 343 g/mol. The second-order valence-corrected chi connectivity index (χ2v) is 4.91. The number of alkyl halides is 3. The number of allylic oxidation sites excluding steroid dienone is 1. The van der Waals surface area contributed by atoms with Crippen LogP contribution in [0.2, 0.25) is 0 Å². The quantitative estimate of drug-likeness (QED) is 0.691. The standard InChI is InChI=1S/C7H6F3NO.C6H12O4.C3H6/c1-12-6-4-2-3-5(11-6)7(8,9)10;7-3-5-6(9)4(8)1-2-10-5;1-3-2/h2-4H,1H3;4-9H,1-3H2;3H,1H2,2H3. The lowest BCUT2D eigenvalue weighted by molar-refractivity contribution is -0.147. The third-order valence-electron chi connectivity index (χ3n) is 2.92. The maximum atomic E-state index is 12.0. The van der Waals surface area contributed by atoms with Gasteiger partial charge in [-0.25, -0.2) is 4.98 Å². The molecule has 1 aliphatic rings. The monoisotopic (exact) mass is 367 g/mol. The molecule has 1 fully saturated rings. The molecule has 6 nitrogen and oxygen atoms in total. The van der Waals surface area contributed by atoms with Crippen LogP contribution in [0.3, 0.4) is 0 Å². The number of nitrogens with zero attached hydrogens (tertiary/aromatic N) is 1. The average Bonchev–Trinajstić information content (AvgIpc) is 2.58. The molecule has 1 saturated heterocycles. The summed E-state index contributed by atoms with van der Waals surface area (Å²) in [5.74, 6) is -0.0372. The van der Waals surface area contributed by atoms with Crippen molar-refractivity contribution < 1.29 is 38.0 Å². The van der Waals surface area contributed by atoms with E-state index in [2.05, 4.69) is 16.3 Å². The summed E-state index contributed by atoms with van der Waals surface area (Å²) in [5.41, 5.74) is -0.943. The molecular formula is C16H24F3NO5. The molecule has 0 saturated carbocycles. The van der Waals surface area contributed by atoms with Gasteiger partial charge in [0.2, 0.25) is 5.88 Å². The largest absolute Gasteiger partial charge is 0.481 e. The maximum Gasteiger partial charge on any atom is 0.433 e. The summed E-state index contributed by atoms with van der Waals surface area (Å²) in [5, 5.41) is 26.7. The van der Waals surface area contributed by atoms with Gasteiger partial charge >= 0.3 is 6.18 Å². The summed E-state index contributed by atoms with van der Waals surface area (Å²) in [7, 11) is 1.27. The number of ether oxygens (including phenoxy) is 2. The molecule has 9 heteroatoms. The number of hydrogen-bond acceptors (Lipinski definition) is 6. The summed E-state index contributed by atoms with van der Waals surface area (Å²) in [4.78, 5) is 3.22. The molecule has 1 aromatic rings. The van der Waals surface area contributed by atoms with Crippen molar-refractivity contribution in [1.29, 1.82) is 0 Å². The number of pyridine rings is 1. The highest BCUT2D eigenvalue weighted by Gasteiger charge is 2.32. The van der Waals surface area contributed by atoms with Crippen LogP contribution < -0.4 is 4.74 Å². The highest BCUT2D eigenvalue weighted by atomic mass is 19.4. The van der Waals surface area contributed by atoms with Crippen LogP contribution in [0.1, 0.15) is 19.0 Å².